The maximum Gasteiger partial charge on any atom is 1.00 e. The van der Waals surface area contributed by atoms with Crippen LogP contribution in [-0.2, 0) is 15.5 Å². The van der Waals surface area contributed by atoms with Crippen molar-refractivity contribution in [3.63, 3.8) is 0 Å². The van der Waals surface area contributed by atoms with Crippen LogP contribution in [0.2, 0.25) is 0 Å². The second kappa shape index (κ2) is 16.2. The van der Waals surface area contributed by atoms with Gasteiger partial charge in [-0.1, -0.05) is 67.5 Å². The molecule has 0 saturated heterocycles. The number of thiazole rings is 1. The van der Waals surface area contributed by atoms with Crippen LogP contribution < -0.4 is 62.0 Å². The fraction of sp³-hybridized carbons (Fsp3) is 0.275. The third-order valence-corrected chi connectivity index (χ3v) is 10.9. The van der Waals surface area contributed by atoms with E-state index in [9.17, 15) is 23.5 Å². The van der Waals surface area contributed by atoms with Crippen LogP contribution in [0, 0.1) is 71.1 Å². The molecule has 6 rings (SSSR count). The minimum atomic E-state index is -4.70. The molecule has 0 radical (unpaired) electrons. The number of aromatic nitrogens is 4. The zero-order chi connectivity index (χ0) is 40.1. The molecule has 2 N–H and O–H groups in total. The van der Waals surface area contributed by atoms with Gasteiger partial charge in [0.1, 0.15) is 33.5 Å². The number of aryl methyl sites for hydroxylation is 6. The quantitative estimate of drug-likeness (QED) is 0.0928. The molecule has 0 unspecified atom stereocenters. The van der Waals surface area contributed by atoms with E-state index in [1.165, 1.54) is 22.9 Å². The van der Waals surface area contributed by atoms with Crippen molar-refractivity contribution in [2.45, 2.75) is 79.5 Å². The van der Waals surface area contributed by atoms with Gasteiger partial charge < -0.3 is 15.2 Å². The van der Waals surface area contributed by atoms with E-state index in [2.05, 4.69) is 57.1 Å². The molecule has 0 atom stereocenters. The zero-order valence-electron chi connectivity index (χ0n) is 33.2. The van der Waals surface area contributed by atoms with Crippen LogP contribution >= 0.6 is 11.3 Å². The largest absolute Gasteiger partial charge is 1.00 e. The Morgan fingerprint density at radius 1 is 0.786 bits per heavy atom. The third kappa shape index (κ3) is 8.48. The summed E-state index contributed by atoms with van der Waals surface area (Å²) in [4.78, 5) is 9.23. The maximum atomic E-state index is 11.8. The molecule has 13 nitrogen and oxygen atoms in total. The van der Waals surface area contributed by atoms with Crippen molar-refractivity contribution in [3.05, 3.63) is 98.2 Å². The standard InChI is InChI=1S/C40H40N10O3S2.K/c1-20-13-22(3)32(23(4)14-20)44-36-28(18-41)26(7)34(37(46-36)45-33-24(5)15-21(2)16-25(33)6)47-48-38-29(19-42)35(40(8,9)10)49-50(38)39-43-30-12-11-27(55(51,52)53)17-31(30)54-39;/h11-17H,1-10H3,(H2,44,45,46)(H,51,52,53);/q;+1/p-1. The van der Waals surface area contributed by atoms with Gasteiger partial charge in [0.05, 0.1) is 26.4 Å². The molecule has 0 fully saturated rings. The van der Waals surface area contributed by atoms with Crippen LogP contribution in [0.4, 0.5) is 34.5 Å². The summed E-state index contributed by atoms with van der Waals surface area (Å²) in [7, 11) is -4.70. The fourth-order valence-electron chi connectivity index (χ4n) is 6.62. The SMILES string of the molecule is Cc1cc(C)c(Nc2nc(Nc3c(C)cc(C)cc3C)c(N=Nc3c(C#N)c(C(C)(C)C)nn3-c3nc4ccc(S(=O)(=O)[O-])cc4s3)c(C)c2C#N)c(C)c1.[K+]. The Labute approximate surface area is 373 Å². The Bertz CT molecular complexity index is 2740. The van der Waals surface area contributed by atoms with Crippen LogP contribution in [0.5, 0.6) is 0 Å². The first-order valence-electron chi connectivity index (χ1n) is 17.3. The molecule has 56 heavy (non-hydrogen) atoms. The van der Waals surface area contributed by atoms with Crippen LogP contribution in [0.15, 0.2) is 57.6 Å². The van der Waals surface area contributed by atoms with Gasteiger partial charge >= 0.3 is 51.4 Å². The predicted octanol–water partition coefficient (Wildman–Crippen LogP) is 6.89. The Morgan fingerprint density at radius 3 is 1.82 bits per heavy atom. The summed E-state index contributed by atoms with van der Waals surface area (Å²) in [6.45, 7) is 19.6. The smallest absolute Gasteiger partial charge is 0.744 e. The van der Waals surface area contributed by atoms with Crippen molar-refractivity contribution in [2.75, 3.05) is 10.6 Å². The summed E-state index contributed by atoms with van der Waals surface area (Å²) in [6.07, 6.45) is 0. The molecule has 0 aliphatic carbocycles. The number of fused-ring (bicyclic) bond motifs is 1. The summed E-state index contributed by atoms with van der Waals surface area (Å²) in [6, 6.07) is 16.7. The molecule has 3 heterocycles. The minimum Gasteiger partial charge on any atom is -0.744 e. The number of hydrogen-bond donors (Lipinski definition) is 2. The maximum absolute atomic E-state index is 11.8. The second-order valence-electron chi connectivity index (χ2n) is 14.7. The van der Waals surface area contributed by atoms with Crippen molar-refractivity contribution in [2.24, 2.45) is 10.2 Å². The Hall–Kier alpha value is -4.36. The van der Waals surface area contributed by atoms with Gasteiger partial charge in [-0.15, -0.1) is 10.2 Å². The van der Waals surface area contributed by atoms with Crippen LogP contribution in [-0.4, -0.2) is 32.7 Å². The molecule has 0 amide bonds. The first-order chi connectivity index (χ1) is 25.8. The van der Waals surface area contributed by atoms with Gasteiger partial charge in [0.25, 0.3) is 0 Å². The van der Waals surface area contributed by atoms with E-state index in [0.29, 0.717) is 33.1 Å². The van der Waals surface area contributed by atoms with Crippen molar-refractivity contribution < 1.29 is 64.4 Å². The summed E-state index contributed by atoms with van der Waals surface area (Å²) in [5.74, 6) is 0.737. The fourth-order valence-corrected chi connectivity index (χ4v) is 8.15. The topological polar surface area (TPSA) is 197 Å². The monoisotopic (exact) mass is 810 g/mol. The van der Waals surface area contributed by atoms with Crippen molar-refractivity contribution in [3.8, 4) is 17.3 Å². The number of anilines is 4. The van der Waals surface area contributed by atoms with Gasteiger partial charge in [-0.2, -0.15) is 20.3 Å². The molecule has 3 aromatic heterocycles. The Morgan fingerprint density at radius 2 is 1.32 bits per heavy atom. The van der Waals surface area contributed by atoms with Crippen molar-refractivity contribution >= 4 is 66.2 Å². The molecule has 16 heteroatoms. The Balaban J connectivity index is 0.00000600. The van der Waals surface area contributed by atoms with E-state index in [-0.39, 0.29) is 84.0 Å². The molecular formula is C40H39KN10O3S2. The normalized spacial score (nSPS) is 11.7. The molecular weight excluding hydrogens is 772 g/mol. The molecule has 0 spiro atoms. The zero-order valence-corrected chi connectivity index (χ0v) is 37.9. The number of pyridine rings is 1. The number of nitrogens with zero attached hydrogens (tertiary/aromatic N) is 8. The van der Waals surface area contributed by atoms with Crippen LogP contribution in [0.1, 0.15) is 76.5 Å². The minimum absolute atomic E-state index is 0. The first kappa shape index (κ1) is 42.8. The van der Waals surface area contributed by atoms with E-state index >= 15 is 0 Å². The van der Waals surface area contributed by atoms with Crippen LogP contribution in [0.25, 0.3) is 15.3 Å². The summed E-state index contributed by atoms with van der Waals surface area (Å²) >= 11 is 1.08. The predicted molar refractivity (Wildman–Crippen MR) is 214 cm³/mol. The van der Waals surface area contributed by atoms with E-state index in [1.807, 2.05) is 62.3 Å². The molecule has 3 aromatic carbocycles. The molecule has 0 aliphatic heterocycles. The van der Waals surface area contributed by atoms with E-state index in [0.717, 1.165) is 56.1 Å². The Kier molecular flexibility index (Phi) is 12.4. The molecule has 280 valence electrons. The number of rotatable bonds is 8. The number of hydrogen-bond acceptors (Lipinski definition) is 13. The van der Waals surface area contributed by atoms with Crippen molar-refractivity contribution in [1.29, 1.82) is 10.5 Å². The van der Waals surface area contributed by atoms with Crippen molar-refractivity contribution in [1.82, 2.24) is 19.7 Å². The van der Waals surface area contributed by atoms with Gasteiger partial charge in [0.15, 0.2) is 17.5 Å². The number of benzene rings is 3. The first-order valence-corrected chi connectivity index (χ1v) is 19.5. The van der Waals surface area contributed by atoms with Gasteiger partial charge in [0.2, 0.25) is 5.13 Å². The number of nitrogens with one attached hydrogen (secondary N) is 2. The average molecular weight is 811 g/mol. The van der Waals surface area contributed by atoms with Gasteiger partial charge in [-0.25, -0.2) is 18.4 Å². The van der Waals surface area contributed by atoms with E-state index in [4.69, 9.17) is 15.2 Å². The second-order valence-corrected chi connectivity index (χ2v) is 17.1. The molecule has 6 aromatic rings. The summed E-state index contributed by atoms with van der Waals surface area (Å²) < 4.78 is 37.1. The van der Waals surface area contributed by atoms with E-state index in [1.54, 1.807) is 6.92 Å². The molecule has 0 saturated carbocycles. The molecule has 0 aliphatic rings. The van der Waals surface area contributed by atoms with Gasteiger partial charge in [0, 0.05) is 22.4 Å². The van der Waals surface area contributed by atoms with Gasteiger partial charge in [-0.05, 0) is 88.9 Å². The van der Waals surface area contributed by atoms with E-state index < -0.39 is 15.5 Å². The molecule has 0 bridgehead atoms. The number of azo groups is 1. The van der Waals surface area contributed by atoms with Gasteiger partial charge in [-0.3, -0.25) is 0 Å². The third-order valence-electron chi connectivity index (χ3n) is 9.11. The summed E-state index contributed by atoms with van der Waals surface area (Å²) in [5, 5.41) is 42.3. The number of nitriles is 2. The average Bonchev–Trinajstić information content (AvgIpc) is 3.68. The summed E-state index contributed by atoms with van der Waals surface area (Å²) in [5.41, 5.74) is 9.27. The van der Waals surface area contributed by atoms with Crippen LogP contribution in [0.3, 0.4) is 0 Å².